The van der Waals surface area contributed by atoms with Crippen LogP contribution in [0.2, 0.25) is 0 Å². The van der Waals surface area contributed by atoms with Crippen molar-refractivity contribution in [1.29, 1.82) is 0 Å². The van der Waals surface area contributed by atoms with Crippen molar-refractivity contribution < 1.29 is 10.0 Å². The second kappa shape index (κ2) is 6.59. The Morgan fingerprint density at radius 1 is 1.59 bits per heavy atom. The lowest BCUT2D eigenvalue weighted by Crippen LogP contribution is -2.45. The van der Waals surface area contributed by atoms with Crippen LogP contribution in [0.25, 0.3) is 0 Å². The first-order valence-corrected chi connectivity index (χ1v) is 6.29. The third kappa shape index (κ3) is 3.70. The molecule has 98 valence electrons. The SMILES string of the molecule is CCC1CN(CC(=O)N(C)CC)CCC1=NO. The first-order chi connectivity index (χ1) is 8.12. The van der Waals surface area contributed by atoms with Crippen molar-refractivity contribution in [3.63, 3.8) is 0 Å². The summed E-state index contributed by atoms with van der Waals surface area (Å²) in [5.74, 6) is 0.445. The maximum absolute atomic E-state index is 11.8. The number of rotatable bonds is 4. The van der Waals surface area contributed by atoms with Crippen molar-refractivity contribution in [2.45, 2.75) is 26.7 Å². The van der Waals surface area contributed by atoms with Crippen LogP contribution in [0.5, 0.6) is 0 Å². The Labute approximate surface area is 103 Å². The van der Waals surface area contributed by atoms with Gasteiger partial charge in [-0.15, -0.1) is 0 Å². The van der Waals surface area contributed by atoms with Crippen molar-refractivity contribution in [2.24, 2.45) is 11.1 Å². The molecule has 1 aliphatic rings. The molecular formula is C12H23N3O2. The van der Waals surface area contributed by atoms with E-state index in [0.717, 1.165) is 38.2 Å². The van der Waals surface area contributed by atoms with Crippen molar-refractivity contribution in [2.75, 3.05) is 33.2 Å². The highest BCUT2D eigenvalue weighted by atomic mass is 16.4. The number of carbonyl (C=O) groups excluding carboxylic acids is 1. The first-order valence-electron chi connectivity index (χ1n) is 6.29. The highest BCUT2D eigenvalue weighted by molar-refractivity contribution is 5.87. The van der Waals surface area contributed by atoms with Crippen LogP contribution in [-0.2, 0) is 4.79 Å². The van der Waals surface area contributed by atoms with Gasteiger partial charge in [0.25, 0.3) is 0 Å². The van der Waals surface area contributed by atoms with Gasteiger partial charge in [0.2, 0.25) is 5.91 Å². The van der Waals surface area contributed by atoms with Crippen LogP contribution in [0.3, 0.4) is 0 Å². The van der Waals surface area contributed by atoms with E-state index in [2.05, 4.69) is 17.0 Å². The topological polar surface area (TPSA) is 56.1 Å². The number of carbonyl (C=O) groups is 1. The van der Waals surface area contributed by atoms with Crippen LogP contribution in [0.15, 0.2) is 5.16 Å². The fourth-order valence-corrected chi connectivity index (χ4v) is 2.11. The van der Waals surface area contributed by atoms with Crippen LogP contribution < -0.4 is 0 Å². The summed E-state index contributed by atoms with van der Waals surface area (Å²) in [6, 6.07) is 0. The lowest BCUT2D eigenvalue weighted by atomic mass is 9.93. The monoisotopic (exact) mass is 241 g/mol. The van der Waals surface area contributed by atoms with Crippen LogP contribution in [-0.4, -0.2) is 59.9 Å². The second-order valence-corrected chi connectivity index (χ2v) is 4.59. The third-order valence-electron chi connectivity index (χ3n) is 3.51. The number of amides is 1. The molecular weight excluding hydrogens is 218 g/mol. The molecule has 1 saturated heterocycles. The minimum atomic E-state index is 0.159. The zero-order chi connectivity index (χ0) is 12.8. The number of likely N-dealkylation sites (N-methyl/N-ethyl adjacent to an activating group) is 1. The van der Waals surface area contributed by atoms with E-state index in [1.165, 1.54) is 0 Å². The van der Waals surface area contributed by atoms with Gasteiger partial charge in [0, 0.05) is 39.0 Å². The number of likely N-dealkylation sites (tertiary alicyclic amines) is 1. The Bertz CT molecular complexity index is 291. The van der Waals surface area contributed by atoms with E-state index in [4.69, 9.17) is 5.21 Å². The molecule has 0 aromatic rings. The number of nitrogens with zero attached hydrogens (tertiary/aromatic N) is 3. The van der Waals surface area contributed by atoms with E-state index >= 15 is 0 Å². The fourth-order valence-electron chi connectivity index (χ4n) is 2.11. The number of oxime groups is 1. The van der Waals surface area contributed by atoms with Crippen molar-refractivity contribution >= 4 is 11.6 Å². The van der Waals surface area contributed by atoms with Crippen molar-refractivity contribution in [3.05, 3.63) is 0 Å². The van der Waals surface area contributed by atoms with E-state index in [9.17, 15) is 4.79 Å². The summed E-state index contributed by atoms with van der Waals surface area (Å²) in [5.41, 5.74) is 0.875. The van der Waals surface area contributed by atoms with Crippen molar-refractivity contribution in [1.82, 2.24) is 9.80 Å². The summed E-state index contributed by atoms with van der Waals surface area (Å²) in [6.07, 6.45) is 1.71. The first kappa shape index (κ1) is 14.0. The highest BCUT2D eigenvalue weighted by Crippen LogP contribution is 2.17. The molecule has 1 aliphatic heterocycles. The van der Waals surface area contributed by atoms with E-state index in [1.807, 2.05) is 14.0 Å². The van der Waals surface area contributed by atoms with Gasteiger partial charge >= 0.3 is 0 Å². The Kier molecular flexibility index (Phi) is 5.41. The predicted octanol–water partition coefficient (Wildman–Crippen LogP) is 1.03. The molecule has 0 aromatic carbocycles. The second-order valence-electron chi connectivity index (χ2n) is 4.59. The predicted molar refractivity (Wildman–Crippen MR) is 67.4 cm³/mol. The van der Waals surface area contributed by atoms with Gasteiger partial charge in [0.15, 0.2) is 0 Å². The fraction of sp³-hybridized carbons (Fsp3) is 0.833. The summed E-state index contributed by atoms with van der Waals surface area (Å²) in [4.78, 5) is 15.7. The zero-order valence-electron chi connectivity index (χ0n) is 11.0. The Morgan fingerprint density at radius 2 is 2.29 bits per heavy atom. The average molecular weight is 241 g/mol. The van der Waals surface area contributed by atoms with Crippen molar-refractivity contribution in [3.8, 4) is 0 Å². The normalized spacial score (nSPS) is 23.9. The molecule has 1 unspecified atom stereocenters. The van der Waals surface area contributed by atoms with Gasteiger partial charge in [-0.25, -0.2) is 0 Å². The molecule has 1 fully saturated rings. The minimum Gasteiger partial charge on any atom is -0.411 e. The standard InChI is InChI=1S/C12H23N3O2/c1-4-10-8-15(7-6-11(10)13-17)9-12(16)14(3)5-2/h10,17H,4-9H2,1-3H3. The Balaban J connectivity index is 2.50. The van der Waals surface area contributed by atoms with Crippen LogP contribution in [0, 0.1) is 5.92 Å². The molecule has 5 nitrogen and oxygen atoms in total. The number of hydrogen-bond acceptors (Lipinski definition) is 4. The zero-order valence-corrected chi connectivity index (χ0v) is 11.0. The maximum atomic E-state index is 11.8. The molecule has 0 saturated carbocycles. The Hall–Kier alpha value is -1.10. The summed E-state index contributed by atoms with van der Waals surface area (Å²) in [7, 11) is 1.82. The van der Waals surface area contributed by atoms with E-state index in [1.54, 1.807) is 4.90 Å². The molecule has 17 heavy (non-hydrogen) atoms. The van der Waals surface area contributed by atoms with Gasteiger partial charge in [0.1, 0.15) is 0 Å². The van der Waals surface area contributed by atoms with Gasteiger partial charge in [0.05, 0.1) is 12.3 Å². The molecule has 0 bridgehead atoms. The van der Waals surface area contributed by atoms with Crippen LogP contribution >= 0.6 is 0 Å². The van der Waals surface area contributed by atoms with Gasteiger partial charge in [-0.2, -0.15) is 0 Å². The molecule has 5 heteroatoms. The summed E-state index contributed by atoms with van der Waals surface area (Å²) >= 11 is 0. The molecule has 0 aromatic heterocycles. The lowest BCUT2D eigenvalue weighted by Gasteiger charge is -2.33. The van der Waals surface area contributed by atoms with Crippen LogP contribution in [0.4, 0.5) is 0 Å². The van der Waals surface area contributed by atoms with Gasteiger partial charge in [-0.05, 0) is 13.3 Å². The molecule has 1 atom stereocenters. The molecule has 0 radical (unpaired) electrons. The number of piperidine rings is 1. The van der Waals surface area contributed by atoms with E-state index in [-0.39, 0.29) is 11.8 Å². The number of hydrogen-bond donors (Lipinski definition) is 1. The lowest BCUT2D eigenvalue weighted by molar-refractivity contribution is -0.131. The molecule has 1 rings (SSSR count). The largest absolute Gasteiger partial charge is 0.411 e. The van der Waals surface area contributed by atoms with E-state index in [0.29, 0.717) is 6.54 Å². The summed E-state index contributed by atoms with van der Waals surface area (Å²) in [5, 5.41) is 12.2. The minimum absolute atomic E-state index is 0.159. The molecule has 1 amide bonds. The quantitative estimate of drug-likeness (QED) is 0.591. The van der Waals surface area contributed by atoms with Crippen LogP contribution in [0.1, 0.15) is 26.7 Å². The average Bonchev–Trinajstić information content (AvgIpc) is 2.37. The Morgan fingerprint density at radius 3 is 2.82 bits per heavy atom. The highest BCUT2D eigenvalue weighted by Gasteiger charge is 2.26. The smallest absolute Gasteiger partial charge is 0.236 e. The molecule has 1 N–H and O–H groups in total. The van der Waals surface area contributed by atoms with E-state index < -0.39 is 0 Å². The molecule has 0 aliphatic carbocycles. The maximum Gasteiger partial charge on any atom is 0.236 e. The molecule has 1 heterocycles. The molecule has 0 spiro atoms. The third-order valence-corrected chi connectivity index (χ3v) is 3.51. The van der Waals surface area contributed by atoms with Gasteiger partial charge < -0.3 is 10.1 Å². The van der Waals surface area contributed by atoms with Gasteiger partial charge in [-0.3, -0.25) is 9.69 Å². The summed E-state index contributed by atoms with van der Waals surface area (Å²) < 4.78 is 0. The summed E-state index contributed by atoms with van der Waals surface area (Å²) in [6.45, 7) is 6.89. The van der Waals surface area contributed by atoms with Gasteiger partial charge in [-0.1, -0.05) is 12.1 Å².